The first-order chi connectivity index (χ1) is 16.5. The van der Waals surface area contributed by atoms with Crippen molar-refractivity contribution in [1.82, 2.24) is 25.3 Å². The van der Waals surface area contributed by atoms with Gasteiger partial charge in [-0.25, -0.2) is 19.9 Å². The van der Waals surface area contributed by atoms with E-state index in [1.54, 1.807) is 19.9 Å². The molecule has 0 spiro atoms. The highest BCUT2D eigenvalue weighted by atomic mass is 35.5. The third-order valence-electron chi connectivity index (χ3n) is 5.85. The van der Waals surface area contributed by atoms with E-state index in [1.807, 2.05) is 0 Å². The Labute approximate surface area is 204 Å². The van der Waals surface area contributed by atoms with Gasteiger partial charge in [0.15, 0.2) is 0 Å². The maximum atomic E-state index is 13.2. The molecule has 0 bridgehead atoms. The average molecular weight is 507 g/mol. The molecule has 2 aromatic heterocycles. The number of hydrogen-bond acceptors (Lipinski definition) is 7. The van der Waals surface area contributed by atoms with Crippen molar-refractivity contribution < 1.29 is 23.1 Å². The van der Waals surface area contributed by atoms with E-state index in [4.69, 9.17) is 11.6 Å². The van der Waals surface area contributed by atoms with Crippen LogP contribution in [0.25, 0.3) is 11.1 Å². The molecule has 1 aromatic carbocycles. The number of anilines is 1. The van der Waals surface area contributed by atoms with E-state index in [9.17, 15) is 23.1 Å². The Morgan fingerprint density at radius 2 is 1.86 bits per heavy atom. The molecule has 3 heterocycles. The first kappa shape index (κ1) is 24.8. The summed E-state index contributed by atoms with van der Waals surface area (Å²) in [4.78, 5) is 29.5. The predicted octanol–water partition coefficient (Wildman–Crippen LogP) is 3.99. The number of hydrogen-bond donors (Lipinski definition) is 3. The lowest BCUT2D eigenvalue weighted by atomic mass is 9.88. The summed E-state index contributed by atoms with van der Waals surface area (Å²) >= 11 is 5.69. The maximum absolute atomic E-state index is 13.2. The summed E-state index contributed by atoms with van der Waals surface area (Å²) in [6.45, 7) is 3.77. The highest BCUT2D eigenvalue weighted by Crippen LogP contribution is 2.37. The molecule has 1 aliphatic heterocycles. The minimum Gasteiger partial charge on any atom is -0.393 e. The Morgan fingerprint density at radius 3 is 2.51 bits per heavy atom. The predicted molar refractivity (Wildman–Crippen MR) is 122 cm³/mol. The fourth-order valence-corrected chi connectivity index (χ4v) is 4.17. The first-order valence-electron chi connectivity index (χ1n) is 10.8. The molecule has 1 fully saturated rings. The van der Waals surface area contributed by atoms with Crippen LogP contribution in [-0.4, -0.2) is 43.6 Å². The van der Waals surface area contributed by atoms with Crippen molar-refractivity contribution in [3.63, 3.8) is 0 Å². The number of amides is 1. The van der Waals surface area contributed by atoms with Crippen LogP contribution < -0.4 is 10.6 Å². The largest absolute Gasteiger partial charge is 0.417 e. The quantitative estimate of drug-likeness (QED) is 0.463. The molecule has 1 amide bonds. The molecule has 0 radical (unpaired) electrons. The van der Waals surface area contributed by atoms with Gasteiger partial charge in [-0.15, -0.1) is 0 Å². The SMILES string of the molecule is C[C@H](Nc1nccc([C@@H]2C(=O)NCC2[C@@H](C)O)n1)c1ncc(-c2ccc(Cl)c(C(F)(F)F)c2)cn1. The summed E-state index contributed by atoms with van der Waals surface area (Å²) in [6.07, 6.45) is -0.890. The zero-order valence-electron chi connectivity index (χ0n) is 18.7. The Bertz CT molecular complexity index is 1220. The highest BCUT2D eigenvalue weighted by Gasteiger charge is 2.39. The zero-order chi connectivity index (χ0) is 25.3. The number of carbonyl (C=O) groups is 1. The topological polar surface area (TPSA) is 113 Å². The number of aliphatic hydroxyl groups excluding tert-OH is 1. The smallest absolute Gasteiger partial charge is 0.393 e. The maximum Gasteiger partial charge on any atom is 0.417 e. The molecule has 3 N–H and O–H groups in total. The Morgan fingerprint density at radius 1 is 1.14 bits per heavy atom. The molecule has 8 nitrogen and oxygen atoms in total. The molecular formula is C23H22ClF3N6O2. The average Bonchev–Trinajstić information content (AvgIpc) is 3.20. The summed E-state index contributed by atoms with van der Waals surface area (Å²) in [5.74, 6) is -0.481. The molecule has 4 rings (SSSR count). The third-order valence-corrected chi connectivity index (χ3v) is 6.18. The minimum absolute atomic E-state index is 0.205. The monoisotopic (exact) mass is 506 g/mol. The van der Waals surface area contributed by atoms with Gasteiger partial charge in [-0.3, -0.25) is 4.79 Å². The van der Waals surface area contributed by atoms with Crippen molar-refractivity contribution in [3.05, 3.63) is 65.0 Å². The minimum atomic E-state index is -4.57. The molecule has 1 aliphatic rings. The van der Waals surface area contributed by atoms with E-state index in [0.717, 1.165) is 6.07 Å². The van der Waals surface area contributed by atoms with Gasteiger partial charge in [-0.1, -0.05) is 17.7 Å². The lowest BCUT2D eigenvalue weighted by molar-refractivity contribution is -0.137. The van der Waals surface area contributed by atoms with E-state index in [2.05, 4.69) is 30.6 Å². The van der Waals surface area contributed by atoms with Crippen LogP contribution in [0, 0.1) is 5.92 Å². The lowest BCUT2D eigenvalue weighted by Crippen LogP contribution is -2.25. The summed E-state index contributed by atoms with van der Waals surface area (Å²) in [5, 5.41) is 15.4. The Balaban J connectivity index is 1.50. The van der Waals surface area contributed by atoms with Crippen LogP contribution in [0.3, 0.4) is 0 Å². The molecule has 0 saturated carbocycles. The number of alkyl halides is 3. The van der Waals surface area contributed by atoms with Crippen molar-refractivity contribution >= 4 is 23.5 Å². The van der Waals surface area contributed by atoms with Gasteiger partial charge in [0.25, 0.3) is 0 Å². The molecule has 4 atom stereocenters. The van der Waals surface area contributed by atoms with Gasteiger partial charge in [0.2, 0.25) is 11.9 Å². The van der Waals surface area contributed by atoms with Gasteiger partial charge >= 0.3 is 6.18 Å². The lowest BCUT2D eigenvalue weighted by Gasteiger charge is -2.19. The van der Waals surface area contributed by atoms with E-state index in [-0.39, 0.29) is 28.4 Å². The van der Waals surface area contributed by atoms with Gasteiger partial charge in [0.1, 0.15) is 5.82 Å². The summed E-state index contributed by atoms with van der Waals surface area (Å²) < 4.78 is 39.5. The second kappa shape index (κ2) is 9.74. The van der Waals surface area contributed by atoms with Gasteiger partial charge in [0, 0.05) is 36.6 Å². The number of carbonyl (C=O) groups excluding carboxylic acids is 1. The molecular weight excluding hydrogens is 485 g/mol. The highest BCUT2D eigenvalue weighted by molar-refractivity contribution is 6.31. The number of rotatable bonds is 6. The van der Waals surface area contributed by atoms with E-state index in [0.29, 0.717) is 23.6 Å². The van der Waals surface area contributed by atoms with Crippen molar-refractivity contribution in [1.29, 1.82) is 0 Å². The van der Waals surface area contributed by atoms with Crippen LogP contribution in [-0.2, 0) is 11.0 Å². The van der Waals surface area contributed by atoms with Crippen LogP contribution in [0.5, 0.6) is 0 Å². The number of halogens is 4. The molecule has 12 heteroatoms. The van der Waals surface area contributed by atoms with E-state index in [1.165, 1.54) is 30.7 Å². The van der Waals surface area contributed by atoms with Crippen molar-refractivity contribution in [3.8, 4) is 11.1 Å². The fourth-order valence-electron chi connectivity index (χ4n) is 3.95. The molecule has 1 unspecified atom stereocenters. The van der Waals surface area contributed by atoms with Gasteiger partial charge in [-0.2, -0.15) is 13.2 Å². The Kier molecular flexibility index (Phi) is 6.91. The number of nitrogens with zero attached hydrogens (tertiary/aromatic N) is 4. The normalized spacial score (nSPS) is 19.8. The van der Waals surface area contributed by atoms with Crippen LogP contribution in [0.15, 0.2) is 42.9 Å². The van der Waals surface area contributed by atoms with Crippen molar-refractivity contribution in [2.45, 2.75) is 38.1 Å². The van der Waals surface area contributed by atoms with E-state index >= 15 is 0 Å². The standard InChI is InChI=1S/C23H22ClF3N6O2/c1-11(32-22-28-6-5-18(33-22)19-15(12(2)34)10-31-21(19)35)20-29-8-14(9-30-20)13-3-4-17(24)16(7-13)23(25,26)27/h3-9,11-12,15,19,34H,10H2,1-2H3,(H,31,35)(H,28,32,33)/t11-,12+,15?,19+/m0/s1. The van der Waals surface area contributed by atoms with Gasteiger partial charge in [-0.05, 0) is 37.6 Å². The molecule has 35 heavy (non-hydrogen) atoms. The number of aromatic nitrogens is 4. The summed E-state index contributed by atoms with van der Waals surface area (Å²) in [6, 6.07) is 4.81. The Hall–Kier alpha value is -3.31. The van der Waals surface area contributed by atoms with Crippen LogP contribution >= 0.6 is 11.6 Å². The molecule has 0 aliphatic carbocycles. The van der Waals surface area contributed by atoms with Crippen molar-refractivity contribution in [2.24, 2.45) is 5.92 Å². The summed E-state index contributed by atoms with van der Waals surface area (Å²) in [5.41, 5.74) is 0.238. The van der Waals surface area contributed by atoms with Crippen molar-refractivity contribution in [2.75, 3.05) is 11.9 Å². The fraction of sp³-hybridized carbons (Fsp3) is 0.348. The third kappa shape index (κ3) is 5.35. The second-order valence-corrected chi connectivity index (χ2v) is 8.73. The van der Waals surface area contributed by atoms with Gasteiger partial charge < -0.3 is 15.7 Å². The number of aliphatic hydroxyl groups is 1. The first-order valence-corrected chi connectivity index (χ1v) is 11.2. The molecule has 1 saturated heterocycles. The summed E-state index contributed by atoms with van der Waals surface area (Å²) in [7, 11) is 0. The number of benzene rings is 1. The zero-order valence-corrected chi connectivity index (χ0v) is 19.5. The molecule has 3 aromatic rings. The second-order valence-electron chi connectivity index (χ2n) is 8.32. The van der Waals surface area contributed by atoms with Crippen LogP contribution in [0.4, 0.5) is 19.1 Å². The van der Waals surface area contributed by atoms with Crippen LogP contribution in [0.1, 0.15) is 42.9 Å². The van der Waals surface area contributed by atoms with E-state index < -0.39 is 29.8 Å². The van der Waals surface area contributed by atoms with Crippen LogP contribution in [0.2, 0.25) is 5.02 Å². The number of nitrogens with one attached hydrogen (secondary N) is 2. The molecule has 184 valence electrons. The van der Waals surface area contributed by atoms with Gasteiger partial charge in [0.05, 0.1) is 34.3 Å².